The predicted molar refractivity (Wildman–Crippen MR) is 118 cm³/mol. The molecule has 0 spiro atoms. The minimum atomic E-state index is -0.460. The highest BCUT2D eigenvalue weighted by Gasteiger charge is 2.19. The Labute approximate surface area is 172 Å². The summed E-state index contributed by atoms with van der Waals surface area (Å²) < 4.78 is 0.863. The highest BCUT2D eigenvalue weighted by atomic mass is 32.1. The zero-order valence-electron chi connectivity index (χ0n) is 15.8. The summed E-state index contributed by atoms with van der Waals surface area (Å²) in [5, 5.41) is 8.98. The summed E-state index contributed by atoms with van der Waals surface area (Å²) in [5.41, 5.74) is 8.06. The van der Waals surface area contributed by atoms with Crippen LogP contribution >= 0.6 is 11.3 Å². The standard InChI is InChI=1S/C22H21N5OS/c23-21(28)17-12-26-22(27-15-5-3-7-24-11-15)16-9-19(29-20(16)17)14-8-13-4-1-2-6-18(13)25-10-14/h1-2,4,6,8-10,12,15,24H,3,5,7,11H2,(H2,23,28)(H,26,27)/t15-/m0/s1. The Bertz CT molecular complexity index is 1210. The molecule has 6 nitrogen and oxygen atoms in total. The number of hydrogen-bond acceptors (Lipinski definition) is 6. The average Bonchev–Trinajstić information content (AvgIpc) is 3.20. The number of amides is 1. The summed E-state index contributed by atoms with van der Waals surface area (Å²) in [4.78, 5) is 22.1. The molecule has 4 heterocycles. The van der Waals surface area contributed by atoms with Crippen molar-refractivity contribution in [1.82, 2.24) is 15.3 Å². The fourth-order valence-electron chi connectivity index (χ4n) is 3.83. The van der Waals surface area contributed by atoms with Crippen molar-refractivity contribution in [2.24, 2.45) is 5.73 Å². The van der Waals surface area contributed by atoms with Crippen LogP contribution in [0.25, 0.3) is 31.4 Å². The van der Waals surface area contributed by atoms with Crippen LogP contribution in [-0.4, -0.2) is 35.0 Å². The molecule has 0 radical (unpaired) electrons. The molecule has 29 heavy (non-hydrogen) atoms. The van der Waals surface area contributed by atoms with Crippen molar-refractivity contribution >= 4 is 44.1 Å². The summed E-state index contributed by atoms with van der Waals surface area (Å²) in [6, 6.07) is 12.6. The van der Waals surface area contributed by atoms with Crippen molar-refractivity contribution in [3.05, 3.63) is 54.4 Å². The highest BCUT2D eigenvalue weighted by Crippen LogP contribution is 2.38. The molecule has 1 amide bonds. The third-order valence-corrected chi connectivity index (χ3v) is 6.55. The summed E-state index contributed by atoms with van der Waals surface area (Å²) in [6.07, 6.45) is 5.70. The van der Waals surface area contributed by atoms with Crippen LogP contribution in [-0.2, 0) is 0 Å². The Morgan fingerprint density at radius 3 is 2.93 bits per heavy atom. The fraction of sp³-hybridized carbons (Fsp3) is 0.227. The van der Waals surface area contributed by atoms with E-state index < -0.39 is 5.91 Å². The van der Waals surface area contributed by atoms with Crippen molar-refractivity contribution in [3.63, 3.8) is 0 Å². The molecule has 1 aliphatic heterocycles. The number of rotatable bonds is 4. The van der Waals surface area contributed by atoms with E-state index in [0.29, 0.717) is 11.6 Å². The summed E-state index contributed by atoms with van der Waals surface area (Å²) >= 11 is 1.55. The van der Waals surface area contributed by atoms with E-state index in [1.54, 1.807) is 17.5 Å². The number of aromatic nitrogens is 2. The number of pyridine rings is 2. The van der Waals surface area contributed by atoms with Gasteiger partial charge in [-0.1, -0.05) is 18.2 Å². The number of thiophene rings is 1. The van der Waals surface area contributed by atoms with E-state index in [2.05, 4.69) is 38.8 Å². The van der Waals surface area contributed by atoms with Gasteiger partial charge in [-0.05, 0) is 37.6 Å². The molecule has 3 aromatic heterocycles. The Hall–Kier alpha value is -3.03. The van der Waals surface area contributed by atoms with Gasteiger partial charge in [-0.3, -0.25) is 9.78 Å². The lowest BCUT2D eigenvalue weighted by atomic mass is 10.1. The van der Waals surface area contributed by atoms with Crippen LogP contribution in [0, 0.1) is 0 Å². The number of carbonyl (C=O) groups excluding carboxylic acids is 1. The quantitative estimate of drug-likeness (QED) is 0.482. The summed E-state index contributed by atoms with van der Waals surface area (Å²) in [7, 11) is 0. The zero-order chi connectivity index (χ0) is 19.8. The van der Waals surface area contributed by atoms with Crippen LogP contribution in [0.2, 0.25) is 0 Å². The van der Waals surface area contributed by atoms with Gasteiger partial charge in [0.2, 0.25) is 0 Å². The first kappa shape index (κ1) is 18.0. The average molecular weight is 404 g/mol. The lowest BCUT2D eigenvalue weighted by molar-refractivity contribution is 0.100. The predicted octanol–water partition coefficient (Wildman–Crippen LogP) is 3.77. The van der Waals surface area contributed by atoms with E-state index in [4.69, 9.17) is 5.73 Å². The van der Waals surface area contributed by atoms with Crippen LogP contribution in [0.4, 0.5) is 5.82 Å². The number of primary amides is 1. The first-order chi connectivity index (χ1) is 14.2. The number of hydrogen-bond donors (Lipinski definition) is 3. The minimum absolute atomic E-state index is 0.324. The molecule has 0 bridgehead atoms. The number of carbonyl (C=O) groups is 1. The maximum atomic E-state index is 12.0. The van der Waals surface area contributed by atoms with Crippen molar-refractivity contribution < 1.29 is 4.79 Å². The second kappa shape index (κ2) is 7.42. The minimum Gasteiger partial charge on any atom is -0.366 e. The molecule has 1 saturated heterocycles. The number of benzene rings is 1. The van der Waals surface area contributed by atoms with Crippen LogP contribution in [0.3, 0.4) is 0 Å². The lowest BCUT2D eigenvalue weighted by Gasteiger charge is -2.24. The second-order valence-corrected chi connectivity index (χ2v) is 8.39. The Morgan fingerprint density at radius 1 is 1.21 bits per heavy atom. The molecular weight excluding hydrogens is 382 g/mol. The molecule has 4 N–H and O–H groups in total. The van der Waals surface area contributed by atoms with E-state index in [1.807, 2.05) is 24.4 Å². The summed E-state index contributed by atoms with van der Waals surface area (Å²) in [5.74, 6) is 0.341. The molecule has 146 valence electrons. The van der Waals surface area contributed by atoms with Gasteiger partial charge in [0.15, 0.2) is 0 Å². The van der Waals surface area contributed by atoms with Crippen LogP contribution in [0.1, 0.15) is 23.2 Å². The van der Waals surface area contributed by atoms with Crippen molar-refractivity contribution in [1.29, 1.82) is 0 Å². The molecule has 0 unspecified atom stereocenters. The van der Waals surface area contributed by atoms with E-state index in [-0.39, 0.29) is 0 Å². The van der Waals surface area contributed by atoms with Crippen molar-refractivity contribution in [2.45, 2.75) is 18.9 Å². The molecule has 1 atom stereocenters. The van der Waals surface area contributed by atoms with Gasteiger partial charge in [-0.15, -0.1) is 11.3 Å². The SMILES string of the molecule is NC(=O)c1cnc(N[C@H]2CCCNC2)c2cc(-c3cnc4ccccc4c3)sc12. The lowest BCUT2D eigenvalue weighted by Crippen LogP contribution is -2.38. The monoisotopic (exact) mass is 403 g/mol. The van der Waals surface area contributed by atoms with Crippen molar-refractivity contribution in [3.8, 4) is 10.4 Å². The molecular formula is C22H21N5OS. The largest absolute Gasteiger partial charge is 0.366 e. The highest BCUT2D eigenvalue weighted by molar-refractivity contribution is 7.22. The van der Waals surface area contributed by atoms with E-state index >= 15 is 0 Å². The first-order valence-corrected chi connectivity index (χ1v) is 10.6. The second-order valence-electron chi connectivity index (χ2n) is 7.34. The molecule has 5 rings (SSSR count). The van der Waals surface area contributed by atoms with E-state index in [0.717, 1.165) is 63.2 Å². The third-order valence-electron chi connectivity index (χ3n) is 5.33. The fourth-order valence-corrected chi connectivity index (χ4v) is 4.99. The number of nitrogens with one attached hydrogen (secondary N) is 2. The van der Waals surface area contributed by atoms with Gasteiger partial charge in [-0.2, -0.15) is 0 Å². The van der Waals surface area contributed by atoms with Gasteiger partial charge >= 0.3 is 0 Å². The normalized spacial score (nSPS) is 16.9. The maximum absolute atomic E-state index is 12.0. The van der Waals surface area contributed by atoms with Gasteiger partial charge in [0.25, 0.3) is 5.91 Å². The maximum Gasteiger partial charge on any atom is 0.251 e. The van der Waals surface area contributed by atoms with Crippen LogP contribution in [0.15, 0.2) is 48.8 Å². The van der Waals surface area contributed by atoms with E-state index in [9.17, 15) is 4.79 Å². The van der Waals surface area contributed by atoms with Gasteiger partial charge in [0.1, 0.15) is 5.82 Å². The number of para-hydroxylation sites is 1. The topological polar surface area (TPSA) is 92.9 Å². The number of piperidine rings is 1. The molecule has 7 heteroatoms. The van der Waals surface area contributed by atoms with Gasteiger partial charge in [-0.25, -0.2) is 4.98 Å². The van der Waals surface area contributed by atoms with Crippen LogP contribution < -0.4 is 16.4 Å². The van der Waals surface area contributed by atoms with Crippen molar-refractivity contribution in [2.75, 3.05) is 18.4 Å². The summed E-state index contributed by atoms with van der Waals surface area (Å²) in [6.45, 7) is 1.96. The number of nitrogens with two attached hydrogens (primary N) is 1. The molecule has 4 aromatic rings. The number of anilines is 1. The Kier molecular flexibility index (Phi) is 4.61. The Balaban J connectivity index is 1.61. The van der Waals surface area contributed by atoms with Gasteiger partial charge < -0.3 is 16.4 Å². The van der Waals surface area contributed by atoms with Gasteiger partial charge in [0.05, 0.1) is 15.8 Å². The molecule has 1 aromatic carbocycles. The van der Waals surface area contributed by atoms with Gasteiger partial charge in [0, 0.05) is 46.2 Å². The smallest absolute Gasteiger partial charge is 0.251 e. The molecule has 1 aliphatic rings. The third kappa shape index (κ3) is 3.43. The molecule has 0 aliphatic carbocycles. The Morgan fingerprint density at radius 2 is 2.10 bits per heavy atom. The van der Waals surface area contributed by atoms with E-state index in [1.165, 1.54) is 0 Å². The molecule has 0 saturated carbocycles. The van der Waals surface area contributed by atoms with Crippen LogP contribution in [0.5, 0.6) is 0 Å². The number of nitrogens with zero attached hydrogens (tertiary/aromatic N) is 2. The number of fused-ring (bicyclic) bond motifs is 2. The molecule has 1 fully saturated rings. The zero-order valence-corrected chi connectivity index (χ0v) is 16.6. The first-order valence-electron chi connectivity index (χ1n) is 9.74.